The average molecular weight is 402 g/mol. The van der Waals surface area contributed by atoms with Gasteiger partial charge in [-0.3, -0.25) is 9.59 Å². The summed E-state index contributed by atoms with van der Waals surface area (Å²) in [5.41, 5.74) is 1.58. The largest absolute Gasteiger partial charge is 0.318 e. The Labute approximate surface area is 145 Å². The molecule has 0 saturated heterocycles. The van der Waals surface area contributed by atoms with Gasteiger partial charge in [0.05, 0.1) is 15.7 Å². The number of hydrogen-bond acceptors (Lipinski definition) is 2. The molecule has 0 aliphatic rings. The molecular weight excluding hydrogens is 391 g/mol. The van der Waals surface area contributed by atoms with Crippen molar-refractivity contribution in [2.75, 3.05) is 10.6 Å². The molecule has 0 unspecified atom stereocenters. The second-order valence-corrected chi connectivity index (χ2v) is 6.19. The first-order valence-corrected chi connectivity index (χ1v) is 7.76. The van der Waals surface area contributed by atoms with E-state index in [1.165, 1.54) is 0 Å². The van der Waals surface area contributed by atoms with E-state index in [-0.39, 0.29) is 15.7 Å². The lowest BCUT2D eigenvalue weighted by molar-refractivity contribution is -0.133. The molecule has 22 heavy (non-hydrogen) atoms. The Bertz CT molecular complexity index is 730. The number of nitrogens with one attached hydrogen (secondary N) is 2. The molecule has 0 spiro atoms. The molecule has 0 aromatic heterocycles. The number of hydrogen-bond donors (Lipinski definition) is 2. The van der Waals surface area contributed by atoms with Crippen LogP contribution < -0.4 is 10.6 Å². The average Bonchev–Trinajstić information content (AvgIpc) is 2.45. The molecule has 4 nitrogen and oxygen atoms in total. The minimum atomic E-state index is -0.850. The summed E-state index contributed by atoms with van der Waals surface area (Å²) in [5, 5.41) is 5.46. The molecular formula is C15H11BrCl2N2O2. The summed E-state index contributed by atoms with van der Waals surface area (Å²) >= 11 is 15.2. The van der Waals surface area contributed by atoms with Crippen LogP contribution in [0.2, 0.25) is 10.0 Å². The molecule has 0 radical (unpaired) electrons. The summed E-state index contributed by atoms with van der Waals surface area (Å²) in [6.07, 6.45) is 0. The van der Waals surface area contributed by atoms with Gasteiger partial charge >= 0.3 is 11.8 Å². The first-order valence-electron chi connectivity index (χ1n) is 6.21. The molecule has 0 aliphatic heterocycles. The van der Waals surface area contributed by atoms with Gasteiger partial charge in [-0.05, 0) is 42.8 Å². The van der Waals surface area contributed by atoms with Crippen LogP contribution in [-0.2, 0) is 9.59 Å². The number of aryl methyl sites for hydroxylation is 1. The zero-order valence-corrected chi connectivity index (χ0v) is 14.5. The zero-order valence-electron chi connectivity index (χ0n) is 11.4. The molecule has 0 saturated carbocycles. The highest BCUT2D eigenvalue weighted by atomic mass is 79.9. The van der Waals surface area contributed by atoms with E-state index >= 15 is 0 Å². The first-order chi connectivity index (χ1) is 10.4. The van der Waals surface area contributed by atoms with Crippen LogP contribution >= 0.6 is 39.1 Å². The van der Waals surface area contributed by atoms with Gasteiger partial charge in [0.25, 0.3) is 0 Å². The van der Waals surface area contributed by atoms with Gasteiger partial charge in [-0.15, -0.1) is 0 Å². The summed E-state index contributed by atoms with van der Waals surface area (Å²) in [6.45, 7) is 1.82. The van der Waals surface area contributed by atoms with Crippen molar-refractivity contribution in [1.82, 2.24) is 0 Å². The van der Waals surface area contributed by atoms with E-state index < -0.39 is 11.8 Å². The van der Waals surface area contributed by atoms with Crippen LogP contribution in [0.4, 0.5) is 11.4 Å². The Morgan fingerprint density at radius 1 is 1.00 bits per heavy atom. The van der Waals surface area contributed by atoms with Gasteiger partial charge in [0.2, 0.25) is 0 Å². The molecule has 0 aliphatic carbocycles. The van der Waals surface area contributed by atoms with E-state index in [0.717, 1.165) is 10.0 Å². The van der Waals surface area contributed by atoms with Gasteiger partial charge in [0.1, 0.15) is 0 Å². The second kappa shape index (κ2) is 7.13. The highest BCUT2D eigenvalue weighted by molar-refractivity contribution is 9.10. The van der Waals surface area contributed by atoms with Crippen LogP contribution in [-0.4, -0.2) is 11.8 Å². The Kier molecular flexibility index (Phi) is 5.45. The van der Waals surface area contributed by atoms with Crippen LogP contribution in [0.3, 0.4) is 0 Å². The summed E-state index contributed by atoms with van der Waals surface area (Å²) in [7, 11) is 0. The van der Waals surface area contributed by atoms with Crippen molar-refractivity contribution in [3.05, 3.63) is 56.5 Å². The van der Waals surface area contributed by atoms with Gasteiger partial charge in [-0.1, -0.05) is 45.2 Å². The number of halogens is 3. The minimum absolute atomic E-state index is 0.207. The molecule has 0 fully saturated rings. The van der Waals surface area contributed by atoms with Gasteiger partial charge in [-0.25, -0.2) is 0 Å². The van der Waals surface area contributed by atoms with Crippen LogP contribution in [0, 0.1) is 6.92 Å². The predicted octanol–water partition coefficient (Wildman–Crippen LogP) is 4.64. The van der Waals surface area contributed by atoms with Gasteiger partial charge in [0, 0.05) is 10.2 Å². The lowest BCUT2D eigenvalue weighted by Gasteiger charge is -2.11. The van der Waals surface area contributed by atoms with Crippen LogP contribution in [0.15, 0.2) is 40.9 Å². The fourth-order valence-electron chi connectivity index (χ4n) is 1.73. The smallest absolute Gasteiger partial charge is 0.314 e. The quantitative estimate of drug-likeness (QED) is 0.720. The maximum atomic E-state index is 12.0. The number of para-hydroxylation sites is 1. The number of amides is 2. The molecule has 2 amide bonds. The highest BCUT2D eigenvalue weighted by Gasteiger charge is 2.17. The van der Waals surface area contributed by atoms with E-state index in [1.807, 2.05) is 13.0 Å². The third-order valence-electron chi connectivity index (χ3n) is 2.84. The normalized spacial score (nSPS) is 10.2. The maximum Gasteiger partial charge on any atom is 0.314 e. The van der Waals surface area contributed by atoms with E-state index in [1.54, 1.807) is 30.3 Å². The zero-order chi connectivity index (χ0) is 16.3. The minimum Gasteiger partial charge on any atom is -0.318 e. The van der Waals surface area contributed by atoms with E-state index in [0.29, 0.717) is 5.69 Å². The van der Waals surface area contributed by atoms with Crippen molar-refractivity contribution in [2.45, 2.75) is 6.92 Å². The van der Waals surface area contributed by atoms with Crippen molar-refractivity contribution in [1.29, 1.82) is 0 Å². The van der Waals surface area contributed by atoms with E-state index in [4.69, 9.17) is 23.2 Å². The van der Waals surface area contributed by atoms with Crippen LogP contribution in [0.1, 0.15) is 5.56 Å². The molecule has 2 aromatic rings. The number of anilines is 2. The molecule has 0 atom stereocenters. The lowest BCUT2D eigenvalue weighted by Crippen LogP contribution is -2.29. The van der Waals surface area contributed by atoms with E-state index in [9.17, 15) is 9.59 Å². The number of benzene rings is 2. The fraction of sp³-hybridized carbons (Fsp3) is 0.0667. The fourth-order valence-corrected chi connectivity index (χ4v) is 2.70. The Balaban J connectivity index is 2.11. The number of carbonyl (C=O) groups excluding carboxylic acids is 2. The summed E-state index contributed by atoms with van der Waals surface area (Å²) in [5.74, 6) is -1.65. The van der Waals surface area contributed by atoms with Crippen molar-refractivity contribution in [3.63, 3.8) is 0 Å². The third-order valence-corrected chi connectivity index (χ3v) is 3.97. The number of carbonyl (C=O) groups is 2. The predicted molar refractivity (Wildman–Crippen MR) is 92.6 cm³/mol. The molecule has 2 rings (SSSR count). The molecule has 2 aromatic carbocycles. The topological polar surface area (TPSA) is 58.2 Å². The van der Waals surface area contributed by atoms with Crippen molar-refractivity contribution in [2.24, 2.45) is 0 Å². The van der Waals surface area contributed by atoms with Gasteiger partial charge in [-0.2, -0.15) is 0 Å². The Hall–Kier alpha value is -1.56. The number of rotatable bonds is 2. The van der Waals surface area contributed by atoms with E-state index in [2.05, 4.69) is 26.6 Å². The Morgan fingerprint density at radius 2 is 1.59 bits per heavy atom. The molecule has 114 valence electrons. The van der Waals surface area contributed by atoms with Crippen LogP contribution in [0.25, 0.3) is 0 Å². The molecule has 7 heteroatoms. The van der Waals surface area contributed by atoms with Gasteiger partial charge in [0.15, 0.2) is 0 Å². The third kappa shape index (κ3) is 4.00. The Morgan fingerprint density at radius 3 is 2.18 bits per heavy atom. The summed E-state index contributed by atoms with van der Waals surface area (Å²) < 4.78 is 0.885. The standard InChI is InChI=1S/C15H11BrCl2N2O2/c1-8-7-9(16)5-6-12(8)19-14(21)15(22)20-13-10(17)3-2-4-11(13)18/h2-7H,1H3,(H,19,21)(H,20,22). The monoisotopic (exact) mass is 400 g/mol. The first kappa shape index (κ1) is 16.8. The van der Waals surface area contributed by atoms with Crippen LogP contribution in [0.5, 0.6) is 0 Å². The SMILES string of the molecule is Cc1cc(Br)ccc1NC(=O)C(=O)Nc1c(Cl)cccc1Cl. The summed E-state index contributed by atoms with van der Waals surface area (Å²) in [4.78, 5) is 23.9. The molecule has 2 N–H and O–H groups in total. The highest BCUT2D eigenvalue weighted by Crippen LogP contribution is 2.29. The lowest BCUT2D eigenvalue weighted by atomic mass is 10.2. The van der Waals surface area contributed by atoms with Gasteiger partial charge < -0.3 is 10.6 Å². The maximum absolute atomic E-state index is 12.0. The van der Waals surface area contributed by atoms with Crippen molar-refractivity contribution >= 4 is 62.3 Å². The molecule has 0 bridgehead atoms. The van der Waals surface area contributed by atoms with Crippen molar-refractivity contribution < 1.29 is 9.59 Å². The van der Waals surface area contributed by atoms with Crippen molar-refractivity contribution in [3.8, 4) is 0 Å². The molecule has 0 heterocycles. The summed E-state index contributed by atoms with van der Waals surface area (Å²) in [6, 6.07) is 10.1. The second-order valence-electron chi connectivity index (χ2n) is 4.46.